The number of piperazine rings is 1. The van der Waals surface area contributed by atoms with Crippen LogP contribution in [-0.4, -0.2) is 37.1 Å². The van der Waals surface area contributed by atoms with Crippen molar-refractivity contribution < 1.29 is 9.53 Å². The van der Waals surface area contributed by atoms with Crippen molar-refractivity contribution in [3.63, 3.8) is 0 Å². The Labute approximate surface area is 181 Å². The van der Waals surface area contributed by atoms with Crippen molar-refractivity contribution in [3.8, 4) is 11.5 Å². The topological polar surface area (TPSA) is 36.0 Å². The van der Waals surface area contributed by atoms with Gasteiger partial charge in [0.1, 0.15) is 5.75 Å². The second-order valence-electron chi connectivity index (χ2n) is 7.50. The first-order chi connectivity index (χ1) is 14.7. The molecule has 0 atom stereocenters. The predicted molar refractivity (Wildman–Crippen MR) is 120 cm³/mol. The van der Waals surface area contributed by atoms with E-state index in [4.69, 9.17) is 16.3 Å². The number of carbonyl (C=O) groups is 1. The normalized spacial score (nSPS) is 15.7. The zero-order valence-electron chi connectivity index (χ0n) is 16.5. The minimum Gasteiger partial charge on any atom is -0.455 e. The van der Waals surface area contributed by atoms with Gasteiger partial charge in [0, 0.05) is 42.5 Å². The van der Waals surface area contributed by atoms with Gasteiger partial charge in [0.05, 0.1) is 12.2 Å². The summed E-state index contributed by atoms with van der Waals surface area (Å²) in [5, 5.41) is 0.579. The molecule has 2 aliphatic heterocycles. The second kappa shape index (κ2) is 7.92. The third kappa shape index (κ3) is 3.57. The van der Waals surface area contributed by atoms with E-state index in [0.717, 1.165) is 24.4 Å². The Kier molecular flexibility index (Phi) is 4.97. The van der Waals surface area contributed by atoms with Crippen LogP contribution in [0, 0.1) is 0 Å². The Morgan fingerprint density at radius 1 is 0.833 bits per heavy atom. The van der Waals surface area contributed by atoms with Crippen molar-refractivity contribution in [2.24, 2.45) is 0 Å². The molecule has 0 unspecified atom stereocenters. The molecule has 6 heteroatoms. The summed E-state index contributed by atoms with van der Waals surface area (Å²) in [7, 11) is 0. The highest BCUT2D eigenvalue weighted by molar-refractivity contribution is 6.31. The number of nitrogens with zero attached hydrogens (tertiary/aromatic N) is 3. The number of halogens is 1. The van der Waals surface area contributed by atoms with Gasteiger partial charge in [0.25, 0.3) is 0 Å². The Morgan fingerprint density at radius 2 is 1.57 bits per heavy atom. The van der Waals surface area contributed by atoms with Crippen molar-refractivity contribution in [2.75, 3.05) is 36.0 Å². The zero-order chi connectivity index (χ0) is 20.5. The van der Waals surface area contributed by atoms with E-state index in [1.165, 1.54) is 5.69 Å². The summed E-state index contributed by atoms with van der Waals surface area (Å²) >= 11 is 6.27. The highest BCUT2D eigenvalue weighted by Gasteiger charge is 2.30. The summed E-state index contributed by atoms with van der Waals surface area (Å²) in [4.78, 5) is 19.6. The maximum Gasteiger partial charge on any atom is 0.325 e. The lowest BCUT2D eigenvalue weighted by Crippen LogP contribution is -2.53. The monoisotopic (exact) mass is 419 g/mol. The van der Waals surface area contributed by atoms with Crippen LogP contribution >= 0.6 is 11.6 Å². The van der Waals surface area contributed by atoms with Gasteiger partial charge in [-0.2, -0.15) is 0 Å². The van der Waals surface area contributed by atoms with Crippen molar-refractivity contribution in [3.05, 3.63) is 83.4 Å². The summed E-state index contributed by atoms with van der Waals surface area (Å²) < 4.78 is 6.12. The van der Waals surface area contributed by atoms with Gasteiger partial charge in [0.2, 0.25) is 0 Å². The maximum atomic E-state index is 13.6. The van der Waals surface area contributed by atoms with Crippen molar-refractivity contribution in [1.82, 2.24) is 4.90 Å². The summed E-state index contributed by atoms with van der Waals surface area (Å²) in [5.74, 6) is 1.41. The Balaban J connectivity index is 1.40. The lowest BCUT2D eigenvalue weighted by Gasteiger charge is -2.38. The molecule has 0 saturated carbocycles. The van der Waals surface area contributed by atoms with Gasteiger partial charge in [-0.25, -0.2) is 4.79 Å². The molecule has 3 aromatic carbocycles. The first kappa shape index (κ1) is 18.8. The van der Waals surface area contributed by atoms with Gasteiger partial charge in [0.15, 0.2) is 5.75 Å². The molecule has 5 rings (SSSR count). The Hall–Kier alpha value is -3.18. The lowest BCUT2D eigenvalue weighted by atomic mass is 10.2. The zero-order valence-corrected chi connectivity index (χ0v) is 17.3. The van der Waals surface area contributed by atoms with Crippen LogP contribution in [0.5, 0.6) is 11.5 Å². The van der Waals surface area contributed by atoms with Crippen molar-refractivity contribution in [2.45, 2.75) is 6.54 Å². The summed E-state index contributed by atoms with van der Waals surface area (Å²) in [6, 6.07) is 23.6. The smallest absolute Gasteiger partial charge is 0.325 e. The van der Waals surface area contributed by atoms with E-state index >= 15 is 0 Å². The van der Waals surface area contributed by atoms with Gasteiger partial charge < -0.3 is 14.5 Å². The number of rotatable bonds is 1. The summed E-state index contributed by atoms with van der Waals surface area (Å²) in [6.07, 6.45) is 0. The molecule has 2 aliphatic rings. The standard InChI is InChI=1S/C24H22ClN3O2/c25-19-10-11-23-21(16-19)28(17-18-6-4-5-9-22(18)30-23)24(29)27-14-12-26(13-15-27)20-7-2-1-3-8-20/h1-11,16H,12-15,17H2. The molecular formula is C24H22ClN3O2. The molecule has 5 nitrogen and oxygen atoms in total. The number of anilines is 2. The highest BCUT2D eigenvalue weighted by Crippen LogP contribution is 2.40. The Bertz CT molecular complexity index is 1070. The number of hydrogen-bond acceptors (Lipinski definition) is 3. The van der Waals surface area contributed by atoms with Crippen LogP contribution in [0.4, 0.5) is 16.2 Å². The number of benzene rings is 3. The van der Waals surface area contributed by atoms with Gasteiger partial charge in [-0.15, -0.1) is 0 Å². The molecule has 1 saturated heterocycles. The average Bonchev–Trinajstić information content (AvgIpc) is 2.96. The van der Waals surface area contributed by atoms with E-state index in [2.05, 4.69) is 17.0 Å². The molecule has 0 aromatic heterocycles. The molecule has 2 amide bonds. The van der Waals surface area contributed by atoms with Gasteiger partial charge in [-0.1, -0.05) is 48.0 Å². The minimum atomic E-state index is -0.0217. The Morgan fingerprint density at radius 3 is 2.37 bits per heavy atom. The van der Waals surface area contributed by atoms with Crippen LogP contribution in [0.1, 0.15) is 5.56 Å². The van der Waals surface area contributed by atoms with Gasteiger partial charge in [-0.3, -0.25) is 4.90 Å². The summed E-state index contributed by atoms with van der Waals surface area (Å²) in [5.41, 5.74) is 2.87. The van der Waals surface area contributed by atoms with Gasteiger partial charge in [-0.05, 0) is 36.4 Å². The average molecular weight is 420 g/mol. The lowest BCUT2D eigenvalue weighted by molar-refractivity contribution is 0.200. The fourth-order valence-corrected chi connectivity index (χ4v) is 4.20. The molecule has 30 heavy (non-hydrogen) atoms. The van der Waals surface area contributed by atoms with Crippen LogP contribution in [0.25, 0.3) is 0 Å². The summed E-state index contributed by atoms with van der Waals surface area (Å²) in [6.45, 7) is 3.39. The third-order valence-electron chi connectivity index (χ3n) is 5.64. The molecule has 0 bridgehead atoms. The number of fused-ring (bicyclic) bond motifs is 2. The van der Waals surface area contributed by atoms with E-state index in [9.17, 15) is 4.79 Å². The molecule has 0 spiro atoms. The number of ether oxygens (including phenoxy) is 1. The quantitative estimate of drug-likeness (QED) is 0.530. The first-order valence-electron chi connectivity index (χ1n) is 10.1. The number of urea groups is 1. The first-order valence-corrected chi connectivity index (χ1v) is 10.5. The van der Waals surface area contributed by atoms with Gasteiger partial charge >= 0.3 is 6.03 Å². The molecule has 1 fully saturated rings. The van der Waals surface area contributed by atoms with Crippen molar-refractivity contribution in [1.29, 1.82) is 0 Å². The number of carbonyl (C=O) groups excluding carboxylic acids is 1. The van der Waals surface area contributed by atoms with E-state index in [1.54, 1.807) is 17.0 Å². The fourth-order valence-electron chi connectivity index (χ4n) is 4.03. The molecule has 0 N–H and O–H groups in total. The number of hydrogen-bond donors (Lipinski definition) is 0. The van der Waals surface area contributed by atoms with Crippen molar-refractivity contribution >= 4 is 29.0 Å². The highest BCUT2D eigenvalue weighted by atomic mass is 35.5. The van der Waals surface area contributed by atoms with E-state index in [1.807, 2.05) is 53.4 Å². The molecule has 3 aromatic rings. The van der Waals surface area contributed by atoms with E-state index < -0.39 is 0 Å². The molecule has 2 heterocycles. The van der Waals surface area contributed by atoms with Crippen LogP contribution in [0.15, 0.2) is 72.8 Å². The van der Waals surface area contributed by atoms with Crippen LogP contribution in [0.3, 0.4) is 0 Å². The molecule has 0 radical (unpaired) electrons. The number of amides is 2. The fraction of sp³-hybridized carbons (Fsp3) is 0.208. The minimum absolute atomic E-state index is 0.0217. The van der Waals surface area contributed by atoms with Crippen LogP contribution in [0.2, 0.25) is 5.02 Å². The number of para-hydroxylation sites is 2. The van der Waals surface area contributed by atoms with Crippen LogP contribution < -0.4 is 14.5 Å². The van der Waals surface area contributed by atoms with E-state index in [0.29, 0.717) is 36.1 Å². The second-order valence-corrected chi connectivity index (χ2v) is 7.94. The molecule has 152 valence electrons. The predicted octanol–water partition coefficient (Wildman–Crippen LogP) is 5.39. The van der Waals surface area contributed by atoms with Crippen LogP contribution in [-0.2, 0) is 6.54 Å². The third-order valence-corrected chi connectivity index (χ3v) is 5.87. The largest absolute Gasteiger partial charge is 0.455 e. The SMILES string of the molecule is O=C(N1CCN(c2ccccc2)CC1)N1Cc2ccccc2Oc2ccc(Cl)cc21. The van der Waals surface area contributed by atoms with E-state index in [-0.39, 0.29) is 6.03 Å². The maximum absolute atomic E-state index is 13.6. The molecular weight excluding hydrogens is 398 g/mol. The molecule has 0 aliphatic carbocycles.